The summed E-state index contributed by atoms with van der Waals surface area (Å²) in [4.78, 5) is 10.4. The minimum atomic E-state index is -0.470. The van der Waals surface area contributed by atoms with Gasteiger partial charge in [-0.15, -0.1) is 0 Å². The van der Waals surface area contributed by atoms with Crippen LogP contribution in [0.5, 0.6) is 0 Å². The summed E-state index contributed by atoms with van der Waals surface area (Å²) >= 11 is 0. The first-order valence-electron chi connectivity index (χ1n) is 4.84. The normalized spacial score (nSPS) is 9.88. The second-order valence-corrected chi connectivity index (χ2v) is 3.44. The van der Waals surface area contributed by atoms with E-state index in [0.717, 1.165) is 0 Å². The largest absolute Gasteiger partial charge is 0.294 e. The quantitative estimate of drug-likeness (QED) is 0.580. The molecule has 1 heterocycles. The van der Waals surface area contributed by atoms with Crippen molar-refractivity contribution in [1.82, 2.24) is 9.78 Å². The van der Waals surface area contributed by atoms with Gasteiger partial charge >= 0.3 is 0 Å². The molecule has 0 aliphatic rings. The highest BCUT2D eigenvalue weighted by molar-refractivity contribution is 5.52. The van der Waals surface area contributed by atoms with E-state index in [9.17, 15) is 10.1 Å². The summed E-state index contributed by atoms with van der Waals surface area (Å²) in [5.74, 6) is 0. The van der Waals surface area contributed by atoms with Crippen molar-refractivity contribution in [2.24, 2.45) is 0 Å². The number of nitro benzene ring substituents is 1. The topological polar surface area (TPSA) is 84.8 Å². The molecule has 84 valence electrons. The molecule has 6 nitrogen and oxygen atoms in total. The van der Waals surface area contributed by atoms with Gasteiger partial charge in [0.1, 0.15) is 11.8 Å². The van der Waals surface area contributed by atoms with Gasteiger partial charge in [0.15, 0.2) is 5.69 Å². The van der Waals surface area contributed by atoms with Crippen molar-refractivity contribution in [2.45, 2.75) is 6.92 Å². The third-order valence-corrected chi connectivity index (χ3v) is 2.31. The van der Waals surface area contributed by atoms with Gasteiger partial charge in [-0.3, -0.25) is 10.1 Å². The molecule has 1 aromatic carbocycles. The lowest BCUT2D eigenvalue weighted by molar-refractivity contribution is -0.384. The number of benzene rings is 1. The molecule has 6 heteroatoms. The van der Waals surface area contributed by atoms with Gasteiger partial charge in [-0.05, 0) is 19.1 Å². The van der Waals surface area contributed by atoms with Crippen molar-refractivity contribution in [3.8, 4) is 11.8 Å². The Kier molecular flexibility index (Phi) is 2.58. The lowest BCUT2D eigenvalue weighted by atomic mass is 10.2. The average Bonchev–Trinajstić information content (AvgIpc) is 2.70. The van der Waals surface area contributed by atoms with E-state index in [1.165, 1.54) is 10.7 Å². The molecule has 0 unspecified atom stereocenters. The van der Waals surface area contributed by atoms with Crippen LogP contribution in [0.2, 0.25) is 0 Å². The third-order valence-electron chi connectivity index (χ3n) is 2.31. The fraction of sp³-hybridized carbons (Fsp3) is 0.0909. The monoisotopic (exact) mass is 228 g/mol. The number of hydrogen-bond acceptors (Lipinski definition) is 4. The summed E-state index contributed by atoms with van der Waals surface area (Å²) in [5.41, 5.74) is 1.23. The molecule has 0 aliphatic heterocycles. The van der Waals surface area contributed by atoms with E-state index in [2.05, 4.69) is 5.10 Å². The van der Waals surface area contributed by atoms with Gasteiger partial charge in [0.05, 0.1) is 4.92 Å². The highest BCUT2D eigenvalue weighted by Gasteiger charge is 2.16. The van der Waals surface area contributed by atoms with Crippen LogP contribution in [0.25, 0.3) is 5.69 Å². The minimum absolute atomic E-state index is 0.0387. The number of aromatic nitrogens is 2. The first kappa shape index (κ1) is 10.8. The Morgan fingerprint density at radius 3 is 2.76 bits per heavy atom. The predicted molar refractivity (Wildman–Crippen MR) is 59.7 cm³/mol. The Hall–Kier alpha value is -2.68. The zero-order valence-electron chi connectivity index (χ0n) is 8.99. The van der Waals surface area contributed by atoms with Crippen LogP contribution >= 0.6 is 0 Å². The summed E-state index contributed by atoms with van der Waals surface area (Å²) in [7, 11) is 0. The lowest BCUT2D eigenvalue weighted by Crippen LogP contribution is -2.03. The van der Waals surface area contributed by atoms with Gasteiger partial charge in [0.25, 0.3) is 5.69 Å². The molecular formula is C11H8N4O2. The molecule has 2 aromatic rings. The molecule has 0 aliphatic carbocycles. The minimum Gasteiger partial charge on any atom is -0.258 e. The van der Waals surface area contributed by atoms with Crippen molar-refractivity contribution in [2.75, 3.05) is 0 Å². The van der Waals surface area contributed by atoms with Gasteiger partial charge in [-0.1, -0.05) is 12.1 Å². The van der Waals surface area contributed by atoms with Crippen LogP contribution in [0.4, 0.5) is 5.69 Å². The molecule has 0 saturated carbocycles. The van der Waals surface area contributed by atoms with Crippen LogP contribution in [0.15, 0.2) is 30.3 Å². The number of hydrogen-bond donors (Lipinski definition) is 0. The summed E-state index contributed by atoms with van der Waals surface area (Å²) in [6.07, 6.45) is 0. The fourth-order valence-electron chi connectivity index (χ4n) is 1.57. The maximum Gasteiger partial charge on any atom is 0.294 e. The second-order valence-electron chi connectivity index (χ2n) is 3.44. The van der Waals surface area contributed by atoms with Crippen LogP contribution in [-0.2, 0) is 0 Å². The van der Waals surface area contributed by atoms with Crippen LogP contribution < -0.4 is 0 Å². The van der Waals surface area contributed by atoms with Gasteiger partial charge in [0, 0.05) is 11.8 Å². The maximum atomic E-state index is 10.9. The molecule has 0 bridgehead atoms. The van der Waals surface area contributed by atoms with Crippen LogP contribution in [0.1, 0.15) is 11.4 Å². The molecule has 0 radical (unpaired) electrons. The molecule has 0 atom stereocenters. The Morgan fingerprint density at radius 1 is 1.47 bits per heavy atom. The zero-order chi connectivity index (χ0) is 12.4. The van der Waals surface area contributed by atoms with Crippen LogP contribution in [-0.4, -0.2) is 14.7 Å². The number of nitriles is 1. The molecule has 0 spiro atoms. The van der Waals surface area contributed by atoms with Crippen molar-refractivity contribution in [3.05, 3.63) is 51.8 Å². The number of nitrogens with zero attached hydrogens (tertiary/aromatic N) is 4. The fourth-order valence-corrected chi connectivity index (χ4v) is 1.57. The Bertz CT molecular complexity index is 625. The summed E-state index contributed by atoms with van der Waals surface area (Å²) < 4.78 is 1.40. The number of rotatable bonds is 2. The first-order valence-corrected chi connectivity index (χ1v) is 4.84. The molecule has 0 fully saturated rings. The first-order chi connectivity index (χ1) is 8.13. The molecule has 0 saturated heterocycles. The Morgan fingerprint density at radius 2 is 2.18 bits per heavy atom. The van der Waals surface area contributed by atoms with E-state index in [0.29, 0.717) is 11.4 Å². The predicted octanol–water partition coefficient (Wildman–Crippen LogP) is 1.96. The third kappa shape index (κ3) is 1.86. The molecule has 0 N–H and O–H groups in total. The summed E-state index contributed by atoms with van der Waals surface area (Å²) in [6, 6.07) is 9.77. The van der Waals surface area contributed by atoms with Crippen molar-refractivity contribution < 1.29 is 4.92 Å². The van der Waals surface area contributed by atoms with Gasteiger partial charge in [-0.25, -0.2) is 4.68 Å². The Balaban J connectivity index is 2.64. The molecule has 17 heavy (non-hydrogen) atoms. The second kappa shape index (κ2) is 4.06. The Labute approximate surface area is 96.9 Å². The highest BCUT2D eigenvalue weighted by Crippen LogP contribution is 2.23. The lowest BCUT2D eigenvalue weighted by Gasteiger charge is -2.04. The van der Waals surface area contributed by atoms with E-state index < -0.39 is 4.92 Å². The van der Waals surface area contributed by atoms with Gasteiger partial charge in [0.2, 0.25) is 0 Å². The molecule has 2 rings (SSSR count). The number of para-hydroxylation sites is 2. The van der Waals surface area contributed by atoms with Gasteiger partial charge in [-0.2, -0.15) is 10.4 Å². The van der Waals surface area contributed by atoms with E-state index in [1.807, 2.05) is 6.07 Å². The van der Waals surface area contributed by atoms with Gasteiger partial charge < -0.3 is 0 Å². The van der Waals surface area contributed by atoms with Crippen LogP contribution in [0.3, 0.4) is 0 Å². The zero-order valence-corrected chi connectivity index (χ0v) is 8.99. The molecule has 0 amide bonds. The van der Waals surface area contributed by atoms with Crippen molar-refractivity contribution in [1.29, 1.82) is 5.26 Å². The number of aryl methyl sites for hydroxylation is 1. The average molecular weight is 228 g/mol. The SMILES string of the molecule is Cc1cc(C#N)nn1-c1ccccc1[N+](=O)[O-]. The van der Waals surface area contributed by atoms with E-state index in [1.54, 1.807) is 31.2 Å². The highest BCUT2D eigenvalue weighted by atomic mass is 16.6. The standard InChI is InChI=1S/C11H8N4O2/c1-8-6-9(7-12)13-14(8)10-4-2-3-5-11(10)15(16)17/h2-6H,1H3. The van der Waals surface area contributed by atoms with Crippen molar-refractivity contribution in [3.63, 3.8) is 0 Å². The molecular weight excluding hydrogens is 220 g/mol. The van der Waals surface area contributed by atoms with Crippen LogP contribution in [0, 0.1) is 28.4 Å². The van der Waals surface area contributed by atoms with E-state index >= 15 is 0 Å². The maximum absolute atomic E-state index is 10.9. The van der Waals surface area contributed by atoms with Crippen molar-refractivity contribution >= 4 is 5.69 Å². The summed E-state index contributed by atoms with van der Waals surface area (Å²) in [5, 5.41) is 23.6. The molecule has 1 aromatic heterocycles. The van der Waals surface area contributed by atoms with E-state index in [4.69, 9.17) is 5.26 Å². The van der Waals surface area contributed by atoms with E-state index in [-0.39, 0.29) is 11.4 Å². The smallest absolute Gasteiger partial charge is 0.258 e. The summed E-state index contributed by atoms with van der Waals surface area (Å²) in [6.45, 7) is 1.74. The number of nitro groups is 1.